The Labute approximate surface area is 364 Å². The summed E-state index contributed by atoms with van der Waals surface area (Å²) in [5.74, 6) is -5.42. The lowest BCUT2D eigenvalue weighted by atomic mass is 9.73. The molecule has 13 atom stereocenters. The summed E-state index contributed by atoms with van der Waals surface area (Å²) in [7, 11) is 5.29. The number of nitrogens with zero attached hydrogens (tertiary/aromatic N) is 4. The van der Waals surface area contributed by atoms with Gasteiger partial charge in [-0.15, -0.1) is 0 Å². The molecule has 62 heavy (non-hydrogen) atoms. The molecule has 1 aromatic carbocycles. The topological polar surface area (TPSA) is 208 Å². The molecule has 0 saturated carbocycles. The number of hydrogen-bond donors (Lipinski definition) is 3. The Morgan fingerprint density at radius 1 is 1.00 bits per heavy atom. The fourth-order valence-corrected chi connectivity index (χ4v) is 9.06. The Morgan fingerprint density at radius 2 is 1.66 bits per heavy atom. The minimum absolute atomic E-state index is 0.163. The molecular weight excluding hydrogens is 801 g/mol. The Balaban J connectivity index is 1.46. The minimum Gasteiger partial charge on any atom is -0.458 e. The van der Waals surface area contributed by atoms with Crippen molar-refractivity contribution in [3.63, 3.8) is 0 Å². The third-order valence-electron chi connectivity index (χ3n) is 12.5. The van der Waals surface area contributed by atoms with E-state index in [0.717, 1.165) is 11.1 Å². The number of aliphatic hydroxyl groups excluding tert-OH is 1. The van der Waals surface area contributed by atoms with Crippen molar-refractivity contribution in [3.05, 3.63) is 54.4 Å². The number of fused-ring (bicyclic) bond motifs is 1. The molecule has 0 bridgehead atoms. The predicted molar refractivity (Wildman–Crippen MR) is 228 cm³/mol. The number of aromatic nitrogens is 2. The van der Waals surface area contributed by atoms with Gasteiger partial charge in [-0.3, -0.25) is 19.8 Å². The molecule has 0 unspecified atom stereocenters. The molecule has 5 rings (SSSR count). The van der Waals surface area contributed by atoms with Gasteiger partial charge in [0.15, 0.2) is 23.5 Å². The highest BCUT2D eigenvalue weighted by Gasteiger charge is 2.57. The Bertz CT molecular complexity index is 1930. The normalized spacial score (nSPS) is 34.9. The van der Waals surface area contributed by atoms with Gasteiger partial charge in [-0.2, -0.15) is 0 Å². The van der Waals surface area contributed by atoms with Crippen LogP contribution in [-0.2, 0) is 38.1 Å². The van der Waals surface area contributed by atoms with E-state index in [1.54, 1.807) is 67.1 Å². The Kier molecular flexibility index (Phi) is 15.7. The van der Waals surface area contributed by atoms with Gasteiger partial charge in [0.25, 0.3) is 0 Å². The fourth-order valence-electron chi connectivity index (χ4n) is 9.06. The third kappa shape index (κ3) is 10.9. The van der Waals surface area contributed by atoms with Crippen LogP contribution in [0.4, 0.5) is 9.59 Å². The summed E-state index contributed by atoms with van der Waals surface area (Å²) in [6.45, 7) is 13.3. The molecule has 3 N–H and O–H groups in total. The number of hydrazine groups is 1. The number of likely N-dealkylation sites (N-methyl/N-ethyl adjacent to an activating group) is 2. The second-order valence-corrected chi connectivity index (χ2v) is 17.7. The van der Waals surface area contributed by atoms with Gasteiger partial charge in [-0.1, -0.05) is 64.1 Å². The van der Waals surface area contributed by atoms with Crippen LogP contribution in [0.5, 0.6) is 0 Å². The van der Waals surface area contributed by atoms with Crippen LogP contribution in [0.2, 0.25) is 0 Å². The monoisotopic (exact) mass is 864 g/mol. The SMILES string of the molecule is CC[C@H]1OC(=O)[C@H](C)C(=O)[C@H](C)[C@@H](O[C@@H]2O[C@H](C)C[C@H](N(C)C)[C@H]2O)[C@](C)(OC(=O)NN(C)C/C=C/c2ccc(-c3ncccn3)cc2)C[C@@H](C)C(=O)[C@H](C)[C@H]2NC(=O)O[C@@]21C. The average Bonchev–Trinajstić information content (AvgIpc) is 3.55. The molecule has 340 valence electrons. The van der Waals surface area contributed by atoms with Crippen LogP contribution in [0.25, 0.3) is 17.5 Å². The number of rotatable bonds is 10. The molecule has 3 fully saturated rings. The molecule has 1 aromatic heterocycles. The number of esters is 1. The van der Waals surface area contributed by atoms with Gasteiger partial charge >= 0.3 is 18.2 Å². The lowest BCUT2D eigenvalue weighted by Gasteiger charge is -2.47. The summed E-state index contributed by atoms with van der Waals surface area (Å²) in [6, 6.07) is 8.14. The first-order valence-corrected chi connectivity index (χ1v) is 21.4. The number of ether oxygens (including phenoxy) is 5. The summed E-state index contributed by atoms with van der Waals surface area (Å²) in [4.78, 5) is 80.0. The number of cyclic esters (lactones) is 1. The molecular formula is C45H64N6O11. The molecule has 2 amide bonds. The van der Waals surface area contributed by atoms with E-state index in [4.69, 9.17) is 23.7 Å². The molecule has 3 aliphatic heterocycles. The highest BCUT2D eigenvalue weighted by Crippen LogP contribution is 2.40. The van der Waals surface area contributed by atoms with Crippen molar-refractivity contribution in [1.29, 1.82) is 0 Å². The second kappa shape index (κ2) is 20.1. The molecule has 17 heteroatoms. The summed E-state index contributed by atoms with van der Waals surface area (Å²) >= 11 is 0. The van der Waals surface area contributed by atoms with Crippen molar-refractivity contribution in [3.8, 4) is 11.4 Å². The fraction of sp³-hybridized carbons (Fsp3) is 0.622. The van der Waals surface area contributed by atoms with Crippen molar-refractivity contribution in [2.24, 2.45) is 23.7 Å². The molecule has 2 aromatic rings. The van der Waals surface area contributed by atoms with Gasteiger partial charge < -0.3 is 39.0 Å². The summed E-state index contributed by atoms with van der Waals surface area (Å²) in [5, 5.41) is 15.9. The number of benzene rings is 1. The zero-order valence-corrected chi connectivity index (χ0v) is 37.7. The number of alkyl carbamates (subject to hydrolysis) is 1. The number of carbonyl (C=O) groups excluding carboxylic acids is 5. The lowest BCUT2D eigenvalue weighted by Crippen LogP contribution is -2.61. The molecule has 3 aliphatic rings. The van der Waals surface area contributed by atoms with Crippen LogP contribution >= 0.6 is 0 Å². The number of carbonyl (C=O) groups is 5. The number of Topliss-reactive ketones (excluding diaryl/α,β-unsaturated/α-hetero) is 2. The maximum absolute atomic E-state index is 14.5. The van der Waals surface area contributed by atoms with E-state index in [1.807, 2.05) is 62.3 Å². The molecule has 3 saturated heterocycles. The van der Waals surface area contributed by atoms with Crippen LogP contribution in [-0.4, -0.2) is 136 Å². The first kappa shape index (κ1) is 48.2. The van der Waals surface area contributed by atoms with Gasteiger partial charge in [-0.25, -0.2) is 24.6 Å². The van der Waals surface area contributed by atoms with Crippen LogP contribution in [0.3, 0.4) is 0 Å². The predicted octanol–water partition coefficient (Wildman–Crippen LogP) is 4.57. The first-order valence-electron chi connectivity index (χ1n) is 21.4. The summed E-state index contributed by atoms with van der Waals surface area (Å²) in [6.07, 6.45) is 0.743. The van der Waals surface area contributed by atoms with Crippen LogP contribution < -0.4 is 10.7 Å². The van der Waals surface area contributed by atoms with Gasteiger partial charge in [-0.05, 0) is 72.7 Å². The van der Waals surface area contributed by atoms with Crippen LogP contribution in [0, 0.1) is 23.7 Å². The molecule has 17 nitrogen and oxygen atoms in total. The van der Waals surface area contributed by atoms with E-state index < -0.39 is 89.5 Å². The van der Waals surface area contributed by atoms with E-state index in [2.05, 4.69) is 20.7 Å². The van der Waals surface area contributed by atoms with E-state index in [0.29, 0.717) is 12.2 Å². The molecule has 4 heterocycles. The zero-order chi connectivity index (χ0) is 45.7. The van der Waals surface area contributed by atoms with Gasteiger partial charge in [0.2, 0.25) is 0 Å². The average molecular weight is 865 g/mol. The zero-order valence-electron chi connectivity index (χ0n) is 37.7. The van der Waals surface area contributed by atoms with Crippen molar-refractivity contribution in [2.45, 2.75) is 129 Å². The second-order valence-electron chi connectivity index (χ2n) is 17.7. The standard InChI is InChI=1S/C45H64N6O11/c1-12-33-45(8)37(48-42(56)62-45)27(4)34(52)25(2)24-44(7,61-43(57)49-51(11)22-13-15-30-16-18-31(19-17-30)39-46-20-14-21-47-39)38(28(5)35(53)29(6)40(55)59-33)60-41-36(54)32(50(9)10)23-26(3)58-41/h13-21,25-29,32-33,36-38,41,54H,12,22-24H2,1-11H3,(H,48,56)(H,49,57)/b15-13+/t25-,26-,27+,28+,29-,32+,33-,36-,37-,38-,41+,44-,45-/m1/s1. The van der Waals surface area contributed by atoms with Gasteiger partial charge in [0.05, 0.1) is 12.1 Å². The molecule has 0 radical (unpaired) electrons. The number of aliphatic hydroxyl groups is 1. The van der Waals surface area contributed by atoms with Crippen molar-refractivity contribution in [1.82, 2.24) is 30.6 Å². The molecule has 0 aliphatic carbocycles. The smallest absolute Gasteiger partial charge is 0.422 e. The maximum Gasteiger partial charge on any atom is 0.422 e. The van der Waals surface area contributed by atoms with Crippen molar-refractivity contribution < 1.29 is 52.8 Å². The highest BCUT2D eigenvalue weighted by molar-refractivity contribution is 6.00. The van der Waals surface area contributed by atoms with Crippen molar-refractivity contribution in [2.75, 3.05) is 27.7 Å². The maximum atomic E-state index is 14.5. The van der Waals surface area contributed by atoms with E-state index in [1.165, 1.54) is 11.9 Å². The Hall–Kier alpha value is -4.81. The number of nitrogens with one attached hydrogen (secondary N) is 2. The van der Waals surface area contributed by atoms with E-state index in [9.17, 15) is 29.1 Å². The van der Waals surface area contributed by atoms with Gasteiger partial charge in [0, 0.05) is 55.3 Å². The number of amides is 2. The third-order valence-corrected chi connectivity index (χ3v) is 12.5. The van der Waals surface area contributed by atoms with Crippen molar-refractivity contribution >= 4 is 35.8 Å². The summed E-state index contributed by atoms with van der Waals surface area (Å²) < 4.78 is 30.8. The number of ketones is 2. The summed E-state index contributed by atoms with van der Waals surface area (Å²) in [5.41, 5.74) is 1.27. The lowest BCUT2D eigenvalue weighted by molar-refractivity contribution is -0.292. The van der Waals surface area contributed by atoms with E-state index in [-0.39, 0.29) is 37.3 Å². The van der Waals surface area contributed by atoms with Gasteiger partial charge in [0.1, 0.15) is 35.6 Å². The Morgan fingerprint density at radius 3 is 2.29 bits per heavy atom. The molecule has 0 spiro atoms. The minimum atomic E-state index is -1.77. The number of hydrogen-bond acceptors (Lipinski definition) is 15. The quantitative estimate of drug-likeness (QED) is 0.129. The van der Waals surface area contributed by atoms with Crippen LogP contribution in [0.1, 0.15) is 80.2 Å². The first-order chi connectivity index (χ1) is 29.2. The van der Waals surface area contributed by atoms with E-state index >= 15 is 0 Å². The largest absolute Gasteiger partial charge is 0.458 e. The van der Waals surface area contributed by atoms with Crippen LogP contribution in [0.15, 0.2) is 48.8 Å². The highest BCUT2D eigenvalue weighted by atomic mass is 16.7.